The summed E-state index contributed by atoms with van der Waals surface area (Å²) in [6.45, 7) is 0. The lowest BCUT2D eigenvalue weighted by molar-refractivity contribution is 0.414. The molecule has 14 heavy (non-hydrogen) atoms. The first kappa shape index (κ1) is 10.0. The first-order chi connectivity index (χ1) is 6.79. The number of hydrogen-bond donors (Lipinski definition) is 0. The zero-order valence-corrected chi connectivity index (χ0v) is 9.96. The van der Waals surface area contributed by atoms with Crippen LogP contribution in [0.3, 0.4) is 0 Å². The summed E-state index contributed by atoms with van der Waals surface area (Å²) in [5.41, 5.74) is 1.42. The van der Waals surface area contributed by atoms with Crippen LogP contribution in [0.15, 0.2) is 24.3 Å². The summed E-state index contributed by atoms with van der Waals surface area (Å²) < 4.78 is 5.23. The van der Waals surface area contributed by atoms with Crippen LogP contribution < -0.4 is 4.74 Å². The predicted molar refractivity (Wildman–Crippen MR) is 62.3 cm³/mol. The van der Waals surface area contributed by atoms with Crippen LogP contribution in [0, 0.1) is 0 Å². The highest BCUT2D eigenvalue weighted by Gasteiger charge is 2.23. The summed E-state index contributed by atoms with van der Waals surface area (Å²) >= 11 is 3.68. The molecule has 76 valence electrons. The van der Waals surface area contributed by atoms with Crippen LogP contribution in [0.2, 0.25) is 0 Å². The third kappa shape index (κ3) is 2.11. The van der Waals surface area contributed by atoms with Crippen molar-refractivity contribution >= 4 is 15.9 Å². The van der Waals surface area contributed by atoms with E-state index in [0.717, 1.165) is 11.7 Å². The summed E-state index contributed by atoms with van der Waals surface area (Å²) in [6, 6.07) is 8.45. The first-order valence-electron chi connectivity index (χ1n) is 5.07. The Labute approximate surface area is 93.6 Å². The molecule has 2 unspecified atom stereocenters. The van der Waals surface area contributed by atoms with Gasteiger partial charge in [0.1, 0.15) is 5.75 Å². The third-order valence-electron chi connectivity index (χ3n) is 2.93. The maximum absolute atomic E-state index is 5.23. The smallest absolute Gasteiger partial charge is 0.119 e. The zero-order chi connectivity index (χ0) is 9.97. The predicted octanol–water partition coefficient (Wildman–Crippen LogP) is 3.73. The van der Waals surface area contributed by atoms with Crippen LogP contribution in [0.4, 0.5) is 0 Å². The van der Waals surface area contributed by atoms with Crippen LogP contribution in [-0.2, 0) is 0 Å². The van der Waals surface area contributed by atoms with E-state index in [4.69, 9.17) is 4.74 Å². The lowest BCUT2D eigenvalue weighted by Gasteiger charge is -2.10. The van der Waals surface area contributed by atoms with E-state index in [0.29, 0.717) is 4.83 Å². The molecule has 1 aromatic rings. The number of halogens is 1. The summed E-state index contributed by atoms with van der Waals surface area (Å²) in [7, 11) is 1.72. The van der Waals surface area contributed by atoms with Crippen LogP contribution in [0.1, 0.15) is 30.7 Å². The van der Waals surface area contributed by atoms with Gasteiger partial charge in [0.05, 0.1) is 7.11 Å². The second kappa shape index (κ2) is 4.35. The van der Waals surface area contributed by atoms with E-state index >= 15 is 0 Å². The summed E-state index contributed by atoms with van der Waals surface area (Å²) in [4.78, 5) is 0.707. The molecule has 0 amide bonds. The molecular formula is C12H15BrO. The largest absolute Gasteiger partial charge is 0.497 e. The van der Waals surface area contributed by atoms with Crippen molar-refractivity contribution in [3.8, 4) is 5.75 Å². The Kier molecular flexibility index (Phi) is 3.12. The normalized spacial score (nSPS) is 26.4. The fourth-order valence-corrected chi connectivity index (χ4v) is 2.84. The molecule has 2 rings (SSSR count). The van der Waals surface area contributed by atoms with E-state index < -0.39 is 0 Å². The Morgan fingerprint density at radius 2 is 2.21 bits per heavy atom. The molecule has 1 fully saturated rings. The van der Waals surface area contributed by atoms with Crippen molar-refractivity contribution in [1.82, 2.24) is 0 Å². The minimum atomic E-state index is 0.707. The number of hydrogen-bond acceptors (Lipinski definition) is 1. The molecule has 0 radical (unpaired) electrons. The van der Waals surface area contributed by atoms with Crippen molar-refractivity contribution in [3.05, 3.63) is 29.8 Å². The molecule has 0 aromatic heterocycles. The Balaban J connectivity index is 2.15. The van der Waals surface area contributed by atoms with Gasteiger partial charge in [0.2, 0.25) is 0 Å². The lowest BCUT2D eigenvalue weighted by atomic mass is 9.98. The van der Waals surface area contributed by atoms with Gasteiger partial charge in [-0.15, -0.1) is 0 Å². The van der Waals surface area contributed by atoms with Gasteiger partial charge in [-0.3, -0.25) is 0 Å². The molecule has 1 aliphatic rings. The van der Waals surface area contributed by atoms with Gasteiger partial charge in [-0.2, -0.15) is 0 Å². The molecule has 0 bridgehead atoms. The van der Waals surface area contributed by atoms with Gasteiger partial charge in [0.25, 0.3) is 0 Å². The van der Waals surface area contributed by atoms with Crippen LogP contribution >= 0.6 is 15.9 Å². The second-order valence-electron chi connectivity index (χ2n) is 3.88. The molecule has 1 aromatic carbocycles. The van der Waals surface area contributed by atoms with Crippen molar-refractivity contribution in [1.29, 1.82) is 0 Å². The van der Waals surface area contributed by atoms with Crippen molar-refractivity contribution < 1.29 is 4.74 Å². The molecule has 0 spiro atoms. The van der Waals surface area contributed by atoms with Crippen molar-refractivity contribution in [2.24, 2.45) is 0 Å². The van der Waals surface area contributed by atoms with Gasteiger partial charge in [-0.1, -0.05) is 28.1 Å². The molecule has 0 saturated heterocycles. The van der Waals surface area contributed by atoms with Gasteiger partial charge in [0.15, 0.2) is 0 Å². The maximum atomic E-state index is 5.23. The minimum absolute atomic E-state index is 0.707. The van der Waals surface area contributed by atoms with Crippen molar-refractivity contribution in [2.45, 2.75) is 30.0 Å². The van der Waals surface area contributed by atoms with Gasteiger partial charge < -0.3 is 4.74 Å². The molecule has 0 aliphatic heterocycles. The van der Waals surface area contributed by atoms with Gasteiger partial charge in [-0.05, 0) is 42.9 Å². The molecule has 0 N–H and O–H groups in total. The zero-order valence-electron chi connectivity index (χ0n) is 8.37. The Morgan fingerprint density at radius 1 is 1.36 bits per heavy atom. The van der Waals surface area contributed by atoms with E-state index in [-0.39, 0.29) is 0 Å². The molecule has 0 heterocycles. The number of alkyl halides is 1. The number of benzene rings is 1. The quantitative estimate of drug-likeness (QED) is 0.732. The molecular weight excluding hydrogens is 240 g/mol. The highest BCUT2D eigenvalue weighted by atomic mass is 79.9. The molecule has 1 nitrogen and oxygen atoms in total. The third-order valence-corrected chi connectivity index (χ3v) is 3.77. The molecule has 2 atom stereocenters. The Hall–Kier alpha value is -0.500. The van der Waals surface area contributed by atoms with Crippen molar-refractivity contribution in [2.75, 3.05) is 7.11 Å². The van der Waals surface area contributed by atoms with E-state index in [1.807, 2.05) is 6.07 Å². The topological polar surface area (TPSA) is 9.23 Å². The first-order valence-corrected chi connectivity index (χ1v) is 5.99. The summed E-state index contributed by atoms with van der Waals surface area (Å²) in [5.74, 6) is 1.69. The molecule has 1 saturated carbocycles. The highest BCUT2D eigenvalue weighted by molar-refractivity contribution is 9.09. The average molecular weight is 255 g/mol. The highest BCUT2D eigenvalue weighted by Crippen LogP contribution is 2.38. The lowest BCUT2D eigenvalue weighted by Crippen LogP contribution is -1.94. The van der Waals surface area contributed by atoms with Gasteiger partial charge in [0, 0.05) is 4.83 Å². The number of rotatable bonds is 2. The minimum Gasteiger partial charge on any atom is -0.497 e. The van der Waals surface area contributed by atoms with Crippen LogP contribution in [-0.4, -0.2) is 11.9 Å². The molecule has 2 heteroatoms. The van der Waals surface area contributed by atoms with Crippen LogP contribution in [0.25, 0.3) is 0 Å². The van der Waals surface area contributed by atoms with Crippen LogP contribution in [0.5, 0.6) is 5.75 Å². The van der Waals surface area contributed by atoms with E-state index in [1.165, 1.54) is 24.8 Å². The SMILES string of the molecule is COc1cccc(C2CCC(Br)C2)c1. The van der Waals surface area contributed by atoms with Crippen molar-refractivity contribution in [3.63, 3.8) is 0 Å². The standard InChI is InChI=1S/C12H15BrO/c1-14-12-4-2-3-9(8-12)10-5-6-11(13)7-10/h2-4,8,10-11H,5-7H2,1H3. The van der Waals surface area contributed by atoms with E-state index in [9.17, 15) is 0 Å². The number of ether oxygens (including phenoxy) is 1. The molecule has 1 aliphatic carbocycles. The van der Waals surface area contributed by atoms with E-state index in [1.54, 1.807) is 7.11 Å². The number of methoxy groups -OCH3 is 1. The fraction of sp³-hybridized carbons (Fsp3) is 0.500. The Morgan fingerprint density at radius 3 is 2.86 bits per heavy atom. The van der Waals surface area contributed by atoms with Gasteiger partial charge in [-0.25, -0.2) is 0 Å². The van der Waals surface area contributed by atoms with E-state index in [2.05, 4.69) is 34.1 Å². The Bertz CT molecular complexity index is 311. The maximum Gasteiger partial charge on any atom is 0.119 e. The summed E-state index contributed by atoms with van der Waals surface area (Å²) in [5, 5.41) is 0. The average Bonchev–Trinajstić information content (AvgIpc) is 2.65. The fourth-order valence-electron chi connectivity index (χ4n) is 2.12. The summed E-state index contributed by atoms with van der Waals surface area (Å²) in [6.07, 6.45) is 3.85. The second-order valence-corrected chi connectivity index (χ2v) is 5.18. The monoisotopic (exact) mass is 254 g/mol. The van der Waals surface area contributed by atoms with Gasteiger partial charge >= 0.3 is 0 Å².